The molecule has 0 aliphatic heterocycles. The van der Waals surface area contributed by atoms with E-state index < -0.39 is 5.91 Å². The van der Waals surface area contributed by atoms with Crippen LogP contribution in [0.5, 0.6) is 5.75 Å². The number of aryl methyl sites for hydroxylation is 1. The molecule has 0 aliphatic carbocycles. The second kappa shape index (κ2) is 7.84. The molecule has 0 saturated carbocycles. The van der Waals surface area contributed by atoms with Gasteiger partial charge in [-0.05, 0) is 42.3 Å². The van der Waals surface area contributed by atoms with Crippen LogP contribution in [0.2, 0.25) is 5.02 Å². The van der Waals surface area contributed by atoms with Gasteiger partial charge in [-0.3, -0.25) is 9.59 Å². The maximum absolute atomic E-state index is 12.2. The van der Waals surface area contributed by atoms with Crippen LogP contribution in [0.4, 0.5) is 0 Å². The summed E-state index contributed by atoms with van der Waals surface area (Å²) in [6, 6.07) is 12.3. The molecule has 2 aromatic carbocycles. The molecule has 2 rings (SSSR count). The van der Waals surface area contributed by atoms with E-state index in [0.717, 1.165) is 11.1 Å². The topological polar surface area (TPSA) is 72.6 Å². The molecule has 5 nitrogen and oxygen atoms in total. The van der Waals surface area contributed by atoms with Gasteiger partial charge in [-0.15, -0.1) is 0 Å². The van der Waals surface area contributed by atoms with Gasteiger partial charge in [0.25, 0.3) is 11.8 Å². The van der Waals surface area contributed by atoms with Crippen molar-refractivity contribution < 1.29 is 14.3 Å². The number of hydrogen-bond donors (Lipinski definition) is 1. The lowest BCUT2D eigenvalue weighted by Crippen LogP contribution is -2.31. The zero-order chi connectivity index (χ0) is 17.7. The first-order chi connectivity index (χ1) is 11.4. The normalized spacial score (nSPS) is 10.3. The number of nitrogens with zero attached hydrogens (tertiary/aromatic N) is 1. The Balaban J connectivity index is 2.00. The molecule has 126 valence electrons. The number of hydrogen-bond acceptors (Lipinski definition) is 3. The molecule has 0 bridgehead atoms. The summed E-state index contributed by atoms with van der Waals surface area (Å²) in [7, 11) is 1.68. The maximum atomic E-state index is 12.2. The quantitative estimate of drug-likeness (QED) is 0.874. The summed E-state index contributed by atoms with van der Waals surface area (Å²) in [5, 5.41) is 0.621. The Labute approximate surface area is 146 Å². The number of carbonyl (C=O) groups is 2. The van der Waals surface area contributed by atoms with E-state index in [4.69, 9.17) is 22.1 Å². The Kier molecular flexibility index (Phi) is 5.82. The second-order valence-corrected chi connectivity index (χ2v) is 5.97. The van der Waals surface area contributed by atoms with E-state index in [1.165, 1.54) is 4.90 Å². The van der Waals surface area contributed by atoms with E-state index in [-0.39, 0.29) is 18.1 Å². The lowest BCUT2D eigenvalue weighted by molar-refractivity contribution is -0.132. The minimum absolute atomic E-state index is 0.180. The predicted octanol–water partition coefficient (Wildman–Crippen LogP) is 2.78. The molecule has 0 aliphatic rings. The van der Waals surface area contributed by atoms with Crippen LogP contribution >= 0.6 is 11.6 Å². The van der Waals surface area contributed by atoms with Gasteiger partial charge in [-0.1, -0.05) is 29.8 Å². The van der Waals surface area contributed by atoms with Crippen LogP contribution < -0.4 is 10.5 Å². The molecule has 0 spiro atoms. The van der Waals surface area contributed by atoms with Gasteiger partial charge >= 0.3 is 0 Å². The highest BCUT2D eigenvalue weighted by molar-refractivity contribution is 6.30. The van der Waals surface area contributed by atoms with Crippen molar-refractivity contribution in [3.8, 4) is 5.75 Å². The van der Waals surface area contributed by atoms with Crippen LogP contribution in [0, 0.1) is 6.92 Å². The Morgan fingerprint density at radius 3 is 2.62 bits per heavy atom. The first-order valence-corrected chi connectivity index (χ1v) is 7.76. The molecule has 0 heterocycles. The Morgan fingerprint density at radius 2 is 1.96 bits per heavy atom. The van der Waals surface area contributed by atoms with Gasteiger partial charge in [-0.25, -0.2) is 0 Å². The van der Waals surface area contributed by atoms with Crippen molar-refractivity contribution in [3.63, 3.8) is 0 Å². The van der Waals surface area contributed by atoms with E-state index in [1.54, 1.807) is 37.4 Å². The lowest BCUT2D eigenvalue weighted by Gasteiger charge is -2.18. The fraction of sp³-hybridized carbons (Fsp3) is 0.222. The van der Waals surface area contributed by atoms with Gasteiger partial charge in [-0.2, -0.15) is 0 Å². The molecule has 2 amide bonds. The smallest absolute Gasteiger partial charge is 0.260 e. The summed E-state index contributed by atoms with van der Waals surface area (Å²) < 4.78 is 5.51. The van der Waals surface area contributed by atoms with E-state index in [0.29, 0.717) is 17.3 Å². The zero-order valence-corrected chi connectivity index (χ0v) is 14.3. The molecule has 0 fully saturated rings. The van der Waals surface area contributed by atoms with Crippen molar-refractivity contribution in [3.05, 3.63) is 64.2 Å². The number of primary amides is 1. The largest absolute Gasteiger partial charge is 0.483 e. The van der Waals surface area contributed by atoms with Crippen molar-refractivity contribution in [1.29, 1.82) is 0 Å². The zero-order valence-electron chi connectivity index (χ0n) is 13.6. The van der Waals surface area contributed by atoms with Crippen LogP contribution in [0.25, 0.3) is 0 Å². The van der Waals surface area contributed by atoms with Gasteiger partial charge in [0.2, 0.25) is 0 Å². The molecule has 0 unspecified atom stereocenters. The first-order valence-electron chi connectivity index (χ1n) is 7.38. The Hall–Kier alpha value is -2.53. The molecular weight excluding hydrogens is 328 g/mol. The SMILES string of the molecule is Cc1ccc(C(N)=O)c(OCC(=O)N(C)Cc2cccc(Cl)c2)c1. The minimum atomic E-state index is -0.593. The molecular formula is C18H19ClN2O3. The molecule has 0 saturated heterocycles. The molecule has 24 heavy (non-hydrogen) atoms. The summed E-state index contributed by atoms with van der Waals surface area (Å²) in [6.07, 6.45) is 0. The molecule has 0 aromatic heterocycles. The molecule has 2 N–H and O–H groups in total. The number of amides is 2. The standard InChI is InChI=1S/C18H19ClN2O3/c1-12-6-7-15(18(20)23)16(8-12)24-11-17(22)21(2)10-13-4-3-5-14(19)9-13/h3-9H,10-11H2,1-2H3,(H2,20,23). The third kappa shape index (κ3) is 4.73. The average Bonchev–Trinajstić information content (AvgIpc) is 2.52. The van der Waals surface area contributed by atoms with Crippen molar-refractivity contribution in [2.75, 3.05) is 13.7 Å². The highest BCUT2D eigenvalue weighted by atomic mass is 35.5. The van der Waals surface area contributed by atoms with E-state index in [9.17, 15) is 9.59 Å². The number of halogens is 1. The molecule has 6 heteroatoms. The van der Waals surface area contributed by atoms with Crippen molar-refractivity contribution in [1.82, 2.24) is 4.90 Å². The van der Waals surface area contributed by atoms with Gasteiger partial charge in [0.05, 0.1) is 5.56 Å². The minimum Gasteiger partial charge on any atom is -0.483 e. The number of benzene rings is 2. The van der Waals surface area contributed by atoms with Crippen LogP contribution in [-0.2, 0) is 11.3 Å². The van der Waals surface area contributed by atoms with Gasteiger partial charge in [0, 0.05) is 18.6 Å². The van der Waals surface area contributed by atoms with Gasteiger partial charge in [0.1, 0.15) is 5.75 Å². The fourth-order valence-electron chi connectivity index (χ4n) is 2.20. The highest BCUT2D eigenvalue weighted by Crippen LogP contribution is 2.20. The lowest BCUT2D eigenvalue weighted by atomic mass is 10.1. The Bertz CT molecular complexity index is 762. The van der Waals surface area contributed by atoms with Gasteiger partial charge in [0.15, 0.2) is 6.61 Å². The highest BCUT2D eigenvalue weighted by Gasteiger charge is 2.14. The Morgan fingerprint density at radius 1 is 1.21 bits per heavy atom. The van der Waals surface area contributed by atoms with Gasteiger partial charge < -0.3 is 15.4 Å². The van der Waals surface area contributed by atoms with Crippen LogP contribution in [-0.4, -0.2) is 30.4 Å². The van der Waals surface area contributed by atoms with Crippen LogP contribution in [0.15, 0.2) is 42.5 Å². The second-order valence-electron chi connectivity index (χ2n) is 5.53. The van der Waals surface area contributed by atoms with Crippen LogP contribution in [0.1, 0.15) is 21.5 Å². The summed E-state index contributed by atoms with van der Waals surface area (Å²) in [4.78, 5) is 25.2. The number of nitrogens with two attached hydrogens (primary N) is 1. The molecule has 0 radical (unpaired) electrons. The summed E-state index contributed by atoms with van der Waals surface area (Å²) in [6.45, 7) is 2.10. The van der Waals surface area contributed by atoms with Crippen molar-refractivity contribution in [2.24, 2.45) is 5.73 Å². The maximum Gasteiger partial charge on any atom is 0.260 e. The van der Waals surface area contributed by atoms with Crippen LogP contribution in [0.3, 0.4) is 0 Å². The summed E-state index contributed by atoms with van der Waals surface area (Å²) in [5.74, 6) is -0.497. The fourth-order valence-corrected chi connectivity index (χ4v) is 2.41. The van der Waals surface area contributed by atoms with E-state index >= 15 is 0 Å². The van der Waals surface area contributed by atoms with Crippen molar-refractivity contribution in [2.45, 2.75) is 13.5 Å². The summed E-state index contributed by atoms with van der Waals surface area (Å²) >= 11 is 5.94. The third-order valence-corrected chi connectivity index (χ3v) is 3.72. The van der Waals surface area contributed by atoms with Crippen molar-refractivity contribution >= 4 is 23.4 Å². The number of ether oxygens (including phenoxy) is 1. The summed E-state index contributed by atoms with van der Waals surface area (Å²) in [5.41, 5.74) is 7.41. The third-order valence-electron chi connectivity index (χ3n) is 3.49. The number of rotatable bonds is 6. The molecule has 0 atom stereocenters. The number of carbonyl (C=O) groups excluding carboxylic acids is 2. The first kappa shape index (κ1) is 17.8. The van der Waals surface area contributed by atoms with E-state index in [2.05, 4.69) is 0 Å². The van der Waals surface area contributed by atoms with E-state index in [1.807, 2.05) is 19.1 Å². The predicted molar refractivity (Wildman–Crippen MR) is 93.1 cm³/mol. The number of likely N-dealkylation sites (N-methyl/N-ethyl adjacent to an activating group) is 1. The average molecular weight is 347 g/mol. The molecule has 2 aromatic rings. The monoisotopic (exact) mass is 346 g/mol.